The summed E-state index contributed by atoms with van der Waals surface area (Å²) in [4.78, 5) is 22.7. The van der Waals surface area contributed by atoms with Crippen LogP contribution in [0.2, 0.25) is 0 Å². The zero-order valence-corrected chi connectivity index (χ0v) is 14.4. The van der Waals surface area contributed by atoms with Crippen molar-refractivity contribution >= 4 is 49.9 Å². The summed E-state index contributed by atoms with van der Waals surface area (Å²) in [7, 11) is 1.54. The Morgan fingerprint density at radius 1 is 1.24 bits per heavy atom. The van der Waals surface area contributed by atoms with Crippen LogP contribution in [0, 0.1) is 0 Å². The lowest BCUT2D eigenvalue weighted by atomic mass is 10.1. The third-order valence-corrected chi connectivity index (χ3v) is 4.82. The molecule has 8 heteroatoms. The number of carbonyl (C=O) groups is 2. The highest BCUT2D eigenvalue weighted by atomic mass is 79.9. The second-order valence-corrected chi connectivity index (χ2v) is 5.61. The standard InChI is InChI=1S/C13H12Br2N2O4/c1-3-21-8-5-6(9(14)10(15)11(8)20-2)4-7-12(18)17-13(19)16-7/h4-5H,3H2,1-2H3,(H2,16,17,18,19)/b7-4-. The highest BCUT2D eigenvalue weighted by Crippen LogP contribution is 2.43. The van der Waals surface area contributed by atoms with Crippen LogP contribution in [0.3, 0.4) is 0 Å². The third-order valence-electron chi connectivity index (χ3n) is 2.68. The monoisotopic (exact) mass is 418 g/mol. The molecule has 1 aromatic carbocycles. The summed E-state index contributed by atoms with van der Waals surface area (Å²) in [5.41, 5.74) is 0.832. The summed E-state index contributed by atoms with van der Waals surface area (Å²) < 4.78 is 12.2. The Morgan fingerprint density at radius 2 is 1.95 bits per heavy atom. The number of methoxy groups -OCH3 is 1. The molecule has 1 fully saturated rings. The Morgan fingerprint density at radius 3 is 2.48 bits per heavy atom. The number of nitrogens with one attached hydrogen (secondary N) is 2. The number of benzene rings is 1. The summed E-state index contributed by atoms with van der Waals surface area (Å²) in [6.45, 7) is 2.33. The molecular weight excluding hydrogens is 408 g/mol. The largest absolute Gasteiger partial charge is 0.492 e. The fourth-order valence-electron chi connectivity index (χ4n) is 1.80. The van der Waals surface area contributed by atoms with Crippen LogP contribution in [0.15, 0.2) is 20.7 Å². The van der Waals surface area contributed by atoms with Crippen LogP contribution < -0.4 is 20.1 Å². The molecule has 0 bridgehead atoms. The number of imide groups is 1. The fourth-order valence-corrected chi connectivity index (χ4v) is 2.80. The number of hydrogen-bond acceptors (Lipinski definition) is 4. The van der Waals surface area contributed by atoms with Gasteiger partial charge < -0.3 is 14.8 Å². The first-order valence-electron chi connectivity index (χ1n) is 6.00. The van der Waals surface area contributed by atoms with Gasteiger partial charge in [-0.15, -0.1) is 0 Å². The van der Waals surface area contributed by atoms with Gasteiger partial charge in [-0.2, -0.15) is 0 Å². The highest BCUT2D eigenvalue weighted by Gasteiger charge is 2.24. The lowest BCUT2D eigenvalue weighted by molar-refractivity contribution is -0.115. The van der Waals surface area contributed by atoms with Crippen LogP contribution in [0.4, 0.5) is 4.79 Å². The molecule has 0 spiro atoms. The Hall–Kier alpha value is -1.54. The van der Waals surface area contributed by atoms with Crippen molar-refractivity contribution in [3.05, 3.63) is 26.3 Å². The van der Waals surface area contributed by atoms with Crippen molar-refractivity contribution in [1.29, 1.82) is 0 Å². The van der Waals surface area contributed by atoms with Gasteiger partial charge in [-0.25, -0.2) is 4.79 Å². The molecule has 2 rings (SSSR count). The van der Waals surface area contributed by atoms with Gasteiger partial charge in [0, 0.05) is 4.47 Å². The molecule has 1 aliphatic rings. The predicted octanol–water partition coefficient (Wildman–Crippen LogP) is 2.80. The predicted molar refractivity (Wildman–Crippen MR) is 84.2 cm³/mol. The molecule has 1 aliphatic heterocycles. The molecule has 0 radical (unpaired) electrons. The molecule has 0 aromatic heterocycles. The van der Waals surface area contributed by atoms with E-state index in [0.717, 1.165) is 0 Å². The van der Waals surface area contributed by atoms with Crippen molar-refractivity contribution in [1.82, 2.24) is 10.6 Å². The van der Waals surface area contributed by atoms with E-state index >= 15 is 0 Å². The molecule has 0 unspecified atom stereocenters. The zero-order valence-electron chi connectivity index (χ0n) is 11.3. The van der Waals surface area contributed by atoms with Gasteiger partial charge in [0.25, 0.3) is 5.91 Å². The van der Waals surface area contributed by atoms with Gasteiger partial charge in [-0.3, -0.25) is 10.1 Å². The average molecular weight is 420 g/mol. The number of halogens is 2. The van der Waals surface area contributed by atoms with Crippen molar-refractivity contribution in [3.63, 3.8) is 0 Å². The molecule has 2 N–H and O–H groups in total. The molecule has 6 nitrogen and oxygen atoms in total. The topological polar surface area (TPSA) is 76.7 Å². The van der Waals surface area contributed by atoms with E-state index in [-0.39, 0.29) is 5.70 Å². The summed E-state index contributed by atoms with van der Waals surface area (Å²) in [5, 5.41) is 4.58. The molecule has 3 amide bonds. The molecule has 112 valence electrons. The summed E-state index contributed by atoms with van der Waals surface area (Å²) in [5.74, 6) is 0.606. The van der Waals surface area contributed by atoms with E-state index in [1.807, 2.05) is 6.92 Å². The molecule has 0 atom stereocenters. The van der Waals surface area contributed by atoms with Crippen LogP contribution in [-0.4, -0.2) is 25.7 Å². The number of carbonyl (C=O) groups excluding carboxylic acids is 2. The quantitative estimate of drug-likeness (QED) is 0.581. The van der Waals surface area contributed by atoms with E-state index in [1.165, 1.54) is 7.11 Å². The Balaban J connectivity index is 2.52. The van der Waals surface area contributed by atoms with Crippen LogP contribution >= 0.6 is 31.9 Å². The number of urea groups is 1. The molecule has 1 saturated heterocycles. The summed E-state index contributed by atoms with van der Waals surface area (Å²) in [6, 6.07) is 1.18. The first-order chi connectivity index (χ1) is 9.97. The maximum Gasteiger partial charge on any atom is 0.326 e. The van der Waals surface area contributed by atoms with Gasteiger partial charge in [0.1, 0.15) is 5.70 Å². The highest BCUT2D eigenvalue weighted by molar-refractivity contribution is 9.13. The normalized spacial score (nSPS) is 15.9. The van der Waals surface area contributed by atoms with Crippen molar-refractivity contribution in [2.45, 2.75) is 6.92 Å². The molecule has 21 heavy (non-hydrogen) atoms. The molecular formula is C13H12Br2N2O4. The average Bonchev–Trinajstić information content (AvgIpc) is 2.74. The molecule has 1 heterocycles. The summed E-state index contributed by atoms with van der Waals surface area (Å²) in [6.07, 6.45) is 1.55. The van der Waals surface area contributed by atoms with E-state index in [2.05, 4.69) is 42.5 Å². The number of ether oxygens (including phenoxy) is 2. The van der Waals surface area contributed by atoms with Gasteiger partial charge in [-0.05, 0) is 56.5 Å². The first kappa shape index (κ1) is 15.8. The number of amides is 3. The minimum atomic E-state index is -0.542. The van der Waals surface area contributed by atoms with Gasteiger partial charge in [-0.1, -0.05) is 0 Å². The lowest BCUT2D eigenvalue weighted by Gasteiger charge is -2.14. The minimum Gasteiger partial charge on any atom is -0.492 e. The van der Waals surface area contributed by atoms with E-state index in [4.69, 9.17) is 9.47 Å². The zero-order chi connectivity index (χ0) is 15.6. The maximum atomic E-state index is 11.6. The SMILES string of the molecule is CCOc1cc(/C=C2\NC(=O)NC2=O)c(Br)c(Br)c1OC. The van der Waals surface area contributed by atoms with Crippen molar-refractivity contribution in [3.8, 4) is 11.5 Å². The Kier molecular flexibility index (Phi) is 4.89. The van der Waals surface area contributed by atoms with Crippen LogP contribution in [-0.2, 0) is 4.79 Å². The minimum absolute atomic E-state index is 0.167. The van der Waals surface area contributed by atoms with E-state index in [9.17, 15) is 9.59 Å². The van der Waals surface area contributed by atoms with Crippen LogP contribution in [0.25, 0.3) is 6.08 Å². The lowest BCUT2D eigenvalue weighted by Crippen LogP contribution is -2.22. The van der Waals surface area contributed by atoms with Crippen molar-refractivity contribution < 1.29 is 19.1 Å². The first-order valence-corrected chi connectivity index (χ1v) is 7.59. The van der Waals surface area contributed by atoms with E-state index in [1.54, 1.807) is 12.1 Å². The van der Waals surface area contributed by atoms with Gasteiger partial charge in [0.05, 0.1) is 18.2 Å². The van der Waals surface area contributed by atoms with Gasteiger partial charge in [0.15, 0.2) is 11.5 Å². The summed E-state index contributed by atoms with van der Waals surface area (Å²) >= 11 is 6.85. The van der Waals surface area contributed by atoms with Crippen LogP contribution in [0.1, 0.15) is 12.5 Å². The molecule has 0 aliphatic carbocycles. The maximum absolute atomic E-state index is 11.6. The Labute approximate surface area is 138 Å². The van der Waals surface area contributed by atoms with Crippen molar-refractivity contribution in [2.24, 2.45) is 0 Å². The molecule has 0 saturated carbocycles. The smallest absolute Gasteiger partial charge is 0.326 e. The van der Waals surface area contributed by atoms with Gasteiger partial charge in [0.2, 0.25) is 0 Å². The van der Waals surface area contributed by atoms with E-state index in [0.29, 0.717) is 32.6 Å². The fraction of sp³-hybridized carbons (Fsp3) is 0.231. The van der Waals surface area contributed by atoms with Gasteiger partial charge >= 0.3 is 6.03 Å². The molecule has 1 aromatic rings. The number of rotatable bonds is 4. The number of hydrogen-bond donors (Lipinski definition) is 2. The van der Waals surface area contributed by atoms with E-state index < -0.39 is 11.9 Å². The second kappa shape index (κ2) is 6.48. The Bertz CT molecular complexity index is 644. The van der Waals surface area contributed by atoms with Crippen molar-refractivity contribution in [2.75, 3.05) is 13.7 Å². The third kappa shape index (κ3) is 3.21. The second-order valence-electron chi connectivity index (χ2n) is 4.02. The van der Waals surface area contributed by atoms with Crippen LogP contribution in [0.5, 0.6) is 11.5 Å².